The SMILES string of the molecule is COC(C)C(=O)NCCCC(C)CO. The summed E-state index contributed by atoms with van der Waals surface area (Å²) in [5.74, 6) is 0.232. The first kappa shape index (κ1) is 13.4. The predicted molar refractivity (Wildman–Crippen MR) is 55.0 cm³/mol. The summed E-state index contributed by atoms with van der Waals surface area (Å²) < 4.78 is 4.86. The molecule has 0 radical (unpaired) electrons. The number of rotatable bonds is 7. The molecule has 0 rings (SSSR count). The molecule has 2 atom stereocenters. The number of carbonyl (C=O) groups is 1. The first-order chi connectivity index (χ1) is 6.61. The maximum Gasteiger partial charge on any atom is 0.248 e. The zero-order chi connectivity index (χ0) is 11.0. The third-order valence-corrected chi connectivity index (χ3v) is 2.21. The first-order valence-corrected chi connectivity index (χ1v) is 5.03. The second kappa shape index (κ2) is 7.76. The zero-order valence-corrected chi connectivity index (χ0v) is 9.25. The molecule has 0 aromatic carbocycles. The van der Waals surface area contributed by atoms with Crippen molar-refractivity contribution in [2.45, 2.75) is 32.8 Å². The van der Waals surface area contributed by atoms with Crippen LogP contribution in [0.3, 0.4) is 0 Å². The minimum atomic E-state index is -0.384. The van der Waals surface area contributed by atoms with Crippen molar-refractivity contribution in [1.29, 1.82) is 0 Å². The molecule has 0 aromatic rings. The van der Waals surface area contributed by atoms with Crippen LogP contribution in [-0.2, 0) is 9.53 Å². The second-order valence-electron chi connectivity index (χ2n) is 3.60. The fourth-order valence-electron chi connectivity index (χ4n) is 1.00. The van der Waals surface area contributed by atoms with Gasteiger partial charge in [-0.15, -0.1) is 0 Å². The minimum Gasteiger partial charge on any atom is -0.396 e. The van der Waals surface area contributed by atoms with Crippen molar-refractivity contribution >= 4 is 5.91 Å². The summed E-state index contributed by atoms with van der Waals surface area (Å²) in [6, 6.07) is 0. The zero-order valence-electron chi connectivity index (χ0n) is 9.25. The molecule has 2 N–H and O–H groups in total. The maximum absolute atomic E-state index is 11.2. The number of hydrogen-bond donors (Lipinski definition) is 2. The lowest BCUT2D eigenvalue weighted by atomic mass is 10.1. The van der Waals surface area contributed by atoms with Crippen LogP contribution >= 0.6 is 0 Å². The van der Waals surface area contributed by atoms with E-state index in [1.807, 2.05) is 6.92 Å². The molecule has 0 spiro atoms. The molecule has 0 aliphatic rings. The van der Waals surface area contributed by atoms with E-state index in [-0.39, 0.29) is 18.6 Å². The van der Waals surface area contributed by atoms with E-state index in [1.165, 1.54) is 7.11 Å². The average Bonchev–Trinajstić information content (AvgIpc) is 2.22. The van der Waals surface area contributed by atoms with Crippen LogP contribution in [0.4, 0.5) is 0 Å². The summed E-state index contributed by atoms with van der Waals surface area (Å²) in [6.07, 6.45) is 1.44. The highest BCUT2D eigenvalue weighted by atomic mass is 16.5. The van der Waals surface area contributed by atoms with Gasteiger partial charge in [0.25, 0.3) is 0 Å². The Morgan fingerprint density at radius 2 is 2.14 bits per heavy atom. The van der Waals surface area contributed by atoms with E-state index in [4.69, 9.17) is 9.84 Å². The molecule has 0 aliphatic heterocycles. The van der Waals surface area contributed by atoms with Gasteiger partial charge in [-0.3, -0.25) is 4.79 Å². The summed E-state index contributed by atoms with van der Waals surface area (Å²) in [4.78, 5) is 11.2. The van der Waals surface area contributed by atoms with E-state index in [1.54, 1.807) is 6.92 Å². The lowest BCUT2D eigenvalue weighted by molar-refractivity contribution is -0.130. The molecule has 0 bridgehead atoms. The second-order valence-corrected chi connectivity index (χ2v) is 3.60. The van der Waals surface area contributed by atoms with Crippen molar-refractivity contribution in [3.8, 4) is 0 Å². The summed E-state index contributed by atoms with van der Waals surface area (Å²) in [7, 11) is 1.51. The van der Waals surface area contributed by atoms with Gasteiger partial charge in [-0.2, -0.15) is 0 Å². The standard InChI is InChI=1S/C10H21NO3/c1-8(7-12)5-4-6-11-10(13)9(2)14-3/h8-9,12H,4-7H2,1-3H3,(H,11,13). The third-order valence-electron chi connectivity index (χ3n) is 2.21. The van der Waals surface area contributed by atoms with Crippen LogP contribution in [0.1, 0.15) is 26.7 Å². The number of methoxy groups -OCH3 is 1. The Bertz CT molecular complexity index is 161. The smallest absolute Gasteiger partial charge is 0.248 e. The highest BCUT2D eigenvalue weighted by Gasteiger charge is 2.09. The van der Waals surface area contributed by atoms with E-state index in [0.717, 1.165) is 12.8 Å². The average molecular weight is 203 g/mol. The number of ether oxygens (including phenoxy) is 1. The Balaban J connectivity index is 3.40. The third kappa shape index (κ3) is 5.94. The summed E-state index contributed by atoms with van der Waals surface area (Å²) in [5.41, 5.74) is 0. The molecular weight excluding hydrogens is 182 g/mol. The fraction of sp³-hybridized carbons (Fsp3) is 0.900. The van der Waals surface area contributed by atoms with Crippen molar-refractivity contribution < 1.29 is 14.6 Å². The highest BCUT2D eigenvalue weighted by molar-refractivity contribution is 5.80. The van der Waals surface area contributed by atoms with Crippen molar-refractivity contribution in [1.82, 2.24) is 5.32 Å². The molecule has 84 valence electrons. The molecule has 14 heavy (non-hydrogen) atoms. The molecule has 2 unspecified atom stereocenters. The molecular formula is C10H21NO3. The van der Waals surface area contributed by atoms with Crippen LogP contribution in [0.2, 0.25) is 0 Å². The summed E-state index contributed by atoms with van der Waals surface area (Å²) in [6.45, 7) is 4.56. The van der Waals surface area contributed by atoms with Gasteiger partial charge in [-0.1, -0.05) is 6.92 Å². The van der Waals surface area contributed by atoms with E-state index >= 15 is 0 Å². The minimum absolute atomic E-state index is 0.0795. The molecule has 0 saturated carbocycles. The normalized spacial score (nSPS) is 14.9. The molecule has 0 aliphatic carbocycles. The highest BCUT2D eigenvalue weighted by Crippen LogP contribution is 2.02. The van der Waals surface area contributed by atoms with E-state index in [0.29, 0.717) is 12.5 Å². The van der Waals surface area contributed by atoms with Crippen molar-refractivity contribution in [2.24, 2.45) is 5.92 Å². The van der Waals surface area contributed by atoms with Crippen LogP contribution in [0, 0.1) is 5.92 Å². The Hall–Kier alpha value is -0.610. The van der Waals surface area contributed by atoms with Crippen molar-refractivity contribution in [3.63, 3.8) is 0 Å². The van der Waals surface area contributed by atoms with E-state index in [9.17, 15) is 4.79 Å². The molecule has 0 heterocycles. The number of carbonyl (C=O) groups excluding carboxylic acids is 1. The van der Waals surface area contributed by atoms with Gasteiger partial charge in [0, 0.05) is 20.3 Å². The molecule has 4 nitrogen and oxygen atoms in total. The number of aliphatic hydroxyl groups is 1. The maximum atomic E-state index is 11.2. The van der Waals surface area contributed by atoms with E-state index in [2.05, 4.69) is 5.32 Å². The van der Waals surface area contributed by atoms with Gasteiger partial charge < -0.3 is 15.2 Å². The van der Waals surface area contributed by atoms with Crippen LogP contribution in [0.25, 0.3) is 0 Å². The van der Waals surface area contributed by atoms with Gasteiger partial charge in [0.05, 0.1) is 0 Å². The Morgan fingerprint density at radius 1 is 1.50 bits per heavy atom. The van der Waals surface area contributed by atoms with Crippen LogP contribution < -0.4 is 5.32 Å². The van der Waals surface area contributed by atoms with Gasteiger partial charge in [0.15, 0.2) is 0 Å². The molecule has 1 amide bonds. The number of nitrogens with one attached hydrogen (secondary N) is 1. The summed E-state index contributed by atoms with van der Waals surface area (Å²) >= 11 is 0. The van der Waals surface area contributed by atoms with Crippen LogP contribution in [0.5, 0.6) is 0 Å². The Kier molecular flexibility index (Phi) is 7.42. The van der Waals surface area contributed by atoms with Gasteiger partial charge in [0.2, 0.25) is 5.91 Å². The van der Waals surface area contributed by atoms with Gasteiger partial charge in [0.1, 0.15) is 6.10 Å². The number of hydrogen-bond acceptors (Lipinski definition) is 3. The van der Waals surface area contributed by atoms with Gasteiger partial charge in [-0.25, -0.2) is 0 Å². The largest absolute Gasteiger partial charge is 0.396 e. The van der Waals surface area contributed by atoms with Crippen LogP contribution in [-0.4, -0.2) is 37.4 Å². The molecule has 0 saturated heterocycles. The van der Waals surface area contributed by atoms with Crippen molar-refractivity contribution in [2.75, 3.05) is 20.3 Å². The Labute approximate surface area is 85.6 Å². The quantitative estimate of drug-likeness (QED) is 0.594. The molecule has 0 aromatic heterocycles. The monoisotopic (exact) mass is 203 g/mol. The predicted octanol–water partition coefficient (Wildman–Crippen LogP) is 0.546. The van der Waals surface area contributed by atoms with E-state index < -0.39 is 0 Å². The number of aliphatic hydroxyl groups excluding tert-OH is 1. The molecule has 0 fully saturated rings. The topological polar surface area (TPSA) is 58.6 Å². The molecule has 4 heteroatoms. The fourth-order valence-corrected chi connectivity index (χ4v) is 1.00. The summed E-state index contributed by atoms with van der Waals surface area (Å²) in [5, 5.41) is 11.5. The first-order valence-electron chi connectivity index (χ1n) is 5.03. The van der Waals surface area contributed by atoms with Crippen molar-refractivity contribution in [3.05, 3.63) is 0 Å². The number of amides is 1. The van der Waals surface area contributed by atoms with Gasteiger partial charge in [-0.05, 0) is 25.7 Å². The van der Waals surface area contributed by atoms with Crippen LogP contribution in [0.15, 0.2) is 0 Å². The Morgan fingerprint density at radius 3 is 2.64 bits per heavy atom. The van der Waals surface area contributed by atoms with Gasteiger partial charge >= 0.3 is 0 Å². The lowest BCUT2D eigenvalue weighted by Gasteiger charge is -2.11. The lowest BCUT2D eigenvalue weighted by Crippen LogP contribution is -2.34.